The van der Waals surface area contributed by atoms with Crippen LogP contribution in [0.4, 0.5) is 10.1 Å². The normalized spacial score (nSPS) is 10.5. The van der Waals surface area contributed by atoms with Crippen molar-refractivity contribution < 1.29 is 13.6 Å². The van der Waals surface area contributed by atoms with Gasteiger partial charge in [0, 0.05) is 10.6 Å². The number of carbonyl (C=O) groups is 1. The summed E-state index contributed by atoms with van der Waals surface area (Å²) in [6.45, 7) is 0.419. The van der Waals surface area contributed by atoms with Gasteiger partial charge in [0.15, 0.2) is 5.76 Å². The van der Waals surface area contributed by atoms with Crippen LogP contribution in [-0.4, -0.2) is 5.91 Å². The molecule has 106 valence electrons. The summed E-state index contributed by atoms with van der Waals surface area (Å²) in [5.74, 6) is -0.323. The van der Waals surface area contributed by atoms with Crippen LogP contribution in [0, 0.1) is 5.82 Å². The fourth-order valence-corrected chi connectivity index (χ4v) is 2.69. The van der Waals surface area contributed by atoms with Gasteiger partial charge < -0.3 is 9.32 Å². The molecule has 2 heterocycles. The molecule has 3 nitrogen and oxygen atoms in total. The fraction of sp³-hybridized carbons (Fsp3) is 0.0625. The van der Waals surface area contributed by atoms with E-state index in [1.165, 1.54) is 18.4 Å². The maximum absolute atomic E-state index is 13.1. The third-order valence-corrected chi connectivity index (χ3v) is 3.87. The highest BCUT2D eigenvalue weighted by Gasteiger charge is 2.20. The molecule has 2 aromatic heterocycles. The molecule has 0 aliphatic rings. The minimum atomic E-state index is -0.333. The van der Waals surface area contributed by atoms with Gasteiger partial charge in [0.25, 0.3) is 5.91 Å². The number of nitrogens with zero attached hydrogens (tertiary/aromatic N) is 1. The van der Waals surface area contributed by atoms with Gasteiger partial charge in [-0.15, -0.1) is 11.3 Å². The zero-order valence-corrected chi connectivity index (χ0v) is 11.8. The van der Waals surface area contributed by atoms with Crippen LogP contribution in [0.1, 0.15) is 15.4 Å². The Morgan fingerprint density at radius 1 is 1.14 bits per heavy atom. The van der Waals surface area contributed by atoms with Crippen LogP contribution in [0.3, 0.4) is 0 Å². The number of rotatable bonds is 4. The standard InChI is InChI=1S/C16H12FNO2S/c17-12-5-7-13(8-6-12)18(11-14-3-2-10-21-14)16(19)15-4-1-9-20-15/h1-10H,11H2. The molecule has 5 heteroatoms. The molecule has 0 atom stereocenters. The molecule has 0 bridgehead atoms. The highest BCUT2D eigenvalue weighted by atomic mass is 32.1. The number of halogens is 1. The molecule has 21 heavy (non-hydrogen) atoms. The molecular weight excluding hydrogens is 289 g/mol. The monoisotopic (exact) mass is 301 g/mol. The summed E-state index contributed by atoms with van der Waals surface area (Å²) < 4.78 is 18.3. The Morgan fingerprint density at radius 3 is 2.57 bits per heavy atom. The van der Waals surface area contributed by atoms with Gasteiger partial charge in [-0.25, -0.2) is 4.39 Å². The Hall–Kier alpha value is -2.40. The molecule has 0 unspecified atom stereocenters. The highest BCUT2D eigenvalue weighted by Crippen LogP contribution is 2.22. The Kier molecular flexibility index (Phi) is 3.83. The van der Waals surface area contributed by atoms with Crippen molar-refractivity contribution in [1.29, 1.82) is 0 Å². The van der Waals surface area contributed by atoms with E-state index in [2.05, 4.69) is 0 Å². The molecule has 0 fully saturated rings. The third kappa shape index (κ3) is 3.03. The molecule has 0 saturated heterocycles. The zero-order valence-electron chi connectivity index (χ0n) is 11.0. The zero-order chi connectivity index (χ0) is 14.7. The topological polar surface area (TPSA) is 33.5 Å². The summed E-state index contributed by atoms with van der Waals surface area (Å²) in [6.07, 6.45) is 1.46. The van der Waals surface area contributed by atoms with Gasteiger partial charge in [-0.05, 0) is 47.8 Å². The molecule has 0 aliphatic heterocycles. The first-order chi connectivity index (χ1) is 10.2. The molecule has 0 spiro atoms. The smallest absolute Gasteiger partial charge is 0.294 e. The van der Waals surface area contributed by atoms with Crippen molar-refractivity contribution in [3.63, 3.8) is 0 Å². The molecule has 1 aromatic carbocycles. The van der Waals surface area contributed by atoms with Gasteiger partial charge in [-0.1, -0.05) is 6.07 Å². The van der Waals surface area contributed by atoms with Crippen molar-refractivity contribution in [2.45, 2.75) is 6.54 Å². The summed E-state index contributed by atoms with van der Waals surface area (Å²) in [4.78, 5) is 15.2. The first kappa shape index (κ1) is 13.6. The van der Waals surface area contributed by atoms with Crippen LogP contribution in [0.5, 0.6) is 0 Å². The second-order valence-electron chi connectivity index (χ2n) is 4.42. The number of anilines is 1. The lowest BCUT2D eigenvalue weighted by Crippen LogP contribution is -2.29. The number of carbonyl (C=O) groups excluding carboxylic acids is 1. The number of hydrogen-bond donors (Lipinski definition) is 0. The van der Waals surface area contributed by atoms with Gasteiger partial charge in [0.05, 0.1) is 12.8 Å². The molecule has 0 saturated carbocycles. The van der Waals surface area contributed by atoms with E-state index >= 15 is 0 Å². The van der Waals surface area contributed by atoms with Crippen molar-refractivity contribution >= 4 is 22.9 Å². The number of furan rings is 1. The summed E-state index contributed by atoms with van der Waals surface area (Å²) in [7, 11) is 0. The summed E-state index contributed by atoms with van der Waals surface area (Å²) >= 11 is 1.57. The molecule has 0 N–H and O–H groups in total. The first-order valence-electron chi connectivity index (χ1n) is 6.37. The largest absolute Gasteiger partial charge is 0.459 e. The predicted molar refractivity (Wildman–Crippen MR) is 79.9 cm³/mol. The second-order valence-corrected chi connectivity index (χ2v) is 5.46. The van der Waals surface area contributed by atoms with Crippen LogP contribution in [-0.2, 0) is 6.54 Å². The van der Waals surface area contributed by atoms with Gasteiger partial charge in [-0.3, -0.25) is 4.79 Å². The lowest BCUT2D eigenvalue weighted by atomic mass is 10.2. The highest BCUT2D eigenvalue weighted by molar-refractivity contribution is 7.09. The minimum absolute atomic E-state index is 0.250. The van der Waals surface area contributed by atoms with Gasteiger partial charge >= 0.3 is 0 Å². The van der Waals surface area contributed by atoms with Crippen molar-refractivity contribution in [3.05, 3.63) is 76.6 Å². The van der Waals surface area contributed by atoms with E-state index in [4.69, 9.17) is 4.42 Å². The van der Waals surface area contributed by atoms with E-state index in [9.17, 15) is 9.18 Å². The van der Waals surface area contributed by atoms with Gasteiger partial charge in [-0.2, -0.15) is 0 Å². The maximum atomic E-state index is 13.1. The summed E-state index contributed by atoms with van der Waals surface area (Å²) in [5, 5.41) is 1.95. The predicted octanol–water partition coefficient (Wildman–Crippen LogP) is 4.33. The molecule has 0 radical (unpaired) electrons. The van der Waals surface area contributed by atoms with E-state index < -0.39 is 0 Å². The maximum Gasteiger partial charge on any atom is 0.294 e. The van der Waals surface area contributed by atoms with E-state index in [-0.39, 0.29) is 17.5 Å². The fourth-order valence-electron chi connectivity index (χ4n) is 1.99. The quantitative estimate of drug-likeness (QED) is 0.718. The van der Waals surface area contributed by atoms with Crippen molar-refractivity contribution in [2.24, 2.45) is 0 Å². The van der Waals surface area contributed by atoms with E-state index in [0.29, 0.717) is 12.2 Å². The third-order valence-electron chi connectivity index (χ3n) is 3.01. The molecule has 0 aliphatic carbocycles. The van der Waals surface area contributed by atoms with Gasteiger partial charge in [0.1, 0.15) is 5.82 Å². The van der Waals surface area contributed by atoms with Crippen molar-refractivity contribution in [3.8, 4) is 0 Å². The Bertz CT molecular complexity index is 705. The van der Waals surface area contributed by atoms with Crippen LogP contribution < -0.4 is 4.90 Å². The van der Waals surface area contributed by atoms with E-state index in [1.54, 1.807) is 40.5 Å². The van der Waals surface area contributed by atoms with Crippen LogP contribution in [0.15, 0.2) is 64.6 Å². The second kappa shape index (κ2) is 5.93. The van der Waals surface area contributed by atoms with Gasteiger partial charge in [0.2, 0.25) is 0 Å². The Labute approximate surface area is 125 Å². The lowest BCUT2D eigenvalue weighted by molar-refractivity contribution is 0.0958. The lowest BCUT2D eigenvalue weighted by Gasteiger charge is -2.21. The van der Waals surface area contributed by atoms with E-state index in [1.807, 2.05) is 17.5 Å². The molecular formula is C16H12FNO2S. The van der Waals surface area contributed by atoms with Crippen LogP contribution in [0.25, 0.3) is 0 Å². The number of benzene rings is 1. The number of amides is 1. The molecule has 3 rings (SSSR count). The minimum Gasteiger partial charge on any atom is -0.459 e. The first-order valence-corrected chi connectivity index (χ1v) is 7.25. The van der Waals surface area contributed by atoms with Crippen LogP contribution in [0.2, 0.25) is 0 Å². The van der Waals surface area contributed by atoms with Crippen LogP contribution >= 0.6 is 11.3 Å². The van der Waals surface area contributed by atoms with Crippen molar-refractivity contribution in [2.75, 3.05) is 4.90 Å². The number of thiophene rings is 1. The molecule has 3 aromatic rings. The van der Waals surface area contributed by atoms with E-state index in [0.717, 1.165) is 4.88 Å². The molecule has 1 amide bonds. The Balaban J connectivity index is 1.94. The summed E-state index contributed by atoms with van der Waals surface area (Å²) in [6, 6.07) is 13.0. The average Bonchev–Trinajstić information content (AvgIpc) is 3.18. The van der Waals surface area contributed by atoms with Crippen molar-refractivity contribution in [1.82, 2.24) is 0 Å². The summed E-state index contributed by atoms with van der Waals surface area (Å²) in [5.41, 5.74) is 0.631. The number of hydrogen-bond acceptors (Lipinski definition) is 3. The SMILES string of the molecule is O=C(c1ccco1)N(Cc1cccs1)c1ccc(F)cc1. The Morgan fingerprint density at radius 2 is 1.95 bits per heavy atom. The average molecular weight is 301 g/mol.